The van der Waals surface area contributed by atoms with E-state index in [-0.39, 0.29) is 6.03 Å². The number of hydrogen-bond donors (Lipinski definition) is 2. The first-order chi connectivity index (χ1) is 14.7. The molecule has 30 heavy (non-hydrogen) atoms. The van der Waals surface area contributed by atoms with Gasteiger partial charge in [0.05, 0.1) is 5.69 Å². The van der Waals surface area contributed by atoms with Crippen molar-refractivity contribution < 1.29 is 4.79 Å². The number of carbonyl (C=O) groups is 1. The molecular formula is C22H25N5OS2. The first-order valence-electron chi connectivity index (χ1n) is 10.1. The molecule has 1 aromatic carbocycles. The van der Waals surface area contributed by atoms with E-state index < -0.39 is 0 Å². The van der Waals surface area contributed by atoms with Gasteiger partial charge in [-0.1, -0.05) is 24.6 Å². The molecule has 1 aliphatic heterocycles. The summed E-state index contributed by atoms with van der Waals surface area (Å²) >= 11 is 3.21. The lowest BCUT2D eigenvalue weighted by Crippen LogP contribution is -2.29. The summed E-state index contributed by atoms with van der Waals surface area (Å²) in [5.41, 5.74) is 2.01. The highest BCUT2D eigenvalue weighted by atomic mass is 32.2. The number of thioether (sulfide) groups is 1. The zero-order valence-corrected chi connectivity index (χ0v) is 18.6. The van der Waals surface area contributed by atoms with Gasteiger partial charge in [0.2, 0.25) is 0 Å². The molecular weight excluding hydrogens is 414 g/mol. The van der Waals surface area contributed by atoms with Crippen molar-refractivity contribution in [2.24, 2.45) is 0 Å². The number of nitrogens with zero attached hydrogens (tertiary/aromatic N) is 3. The summed E-state index contributed by atoms with van der Waals surface area (Å²) < 4.78 is 0. The van der Waals surface area contributed by atoms with E-state index in [0.29, 0.717) is 11.6 Å². The smallest absolute Gasteiger partial charge is 0.298 e. The predicted octanol–water partition coefficient (Wildman–Crippen LogP) is 5.56. The van der Waals surface area contributed by atoms with Crippen LogP contribution in [0.25, 0.3) is 10.6 Å². The molecule has 2 amide bonds. The van der Waals surface area contributed by atoms with Gasteiger partial charge in [-0.05, 0) is 56.5 Å². The second-order valence-corrected chi connectivity index (χ2v) is 8.93. The number of rotatable bonds is 6. The van der Waals surface area contributed by atoms with Gasteiger partial charge in [-0.2, -0.15) is 0 Å². The average molecular weight is 440 g/mol. The van der Waals surface area contributed by atoms with Crippen LogP contribution in [0.5, 0.6) is 0 Å². The van der Waals surface area contributed by atoms with Gasteiger partial charge in [0.25, 0.3) is 0 Å². The number of amides is 2. The van der Waals surface area contributed by atoms with Gasteiger partial charge >= 0.3 is 6.03 Å². The zero-order chi connectivity index (χ0) is 20.8. The zero-order valence-electron chi connectivity index (χ0n) is 16.9. The Morgan fingerprint density at radius 3 is 2.57 bits per heavy atom. The molecule has 0 saturated carbocycles. The maximum atomic E-state index is 12.4. The Labute approximate surface area is 185 Å². The Bertz CT molecular complexity index is 983. The molecule has 2 N–H and O–H groups in total. The number of likely N-dealkylation sites (tertiary alicyclic amines) is 1. The van der Waals surface area contributed by atoms with Crippen LogP contribution in [0.3, 0.4) is 0 Å². The molecule has 156 valence electrons. The summed E-state index contributed by atoms with van der Waals surface area (Å²) in [7, 11) is 0. The fraction of sp³-hybridized carbons (Fsp3) is 0.318. The van der Waals surface area contributed by atoms with E-state index in [0.717, 1.165) is 35.9 Å². The summed E-state index contributed by atoms with van der Waals surface area (Å²) in [6.07, 6.45) is 5.86. The van der Waals surface area contributed by atoms with Crippen LogP contribution < -0.4 is 10.6 Å². The van der Waals surface area contributed by atoms with E-state index in [2.05, 4.69) is 43.9 Å². The second-order valence-electron chi connectivity index (χ2n) is 7.20. The van der Waals surface area contributed by atoms with Crippen molar-refractivity contribution in [3.05, 3.63) is 53.5 Å². The van der Waals surface area contributed by atoms with E-state index in [1.807, 2.05) is 29.6 Å². The predicted molar refractivity (Wildman–Crippen MR) is 125 cm³/mol. The van der Waals surface area contributed by atoms with Crippen molar-refractivity contribution in [3.8, 4) is 10.6 Å². The minimum Gasteiger partial charge on any atom is -0.298 e. The van der Waals surface area contributed by atoms with Gasteiger partial charge in [0.1, 0.15) is 16.6 Å². The highest BCUT2D eigenvalue weighted by Gasteiger charge is 2.12. The Morgan fingerprint density at radius 1 is 1.03 bits per heavy atom. The standard InChI is InChI=1S/C22H25N5OS2/c1-29-18-10-8-16(9-11-18)21-24-20(15-30-21)26-22(28)25-19-7-5-6-17(23-19)14-27-12-3-2-4-13-27/h5-11,15H,2-4,12-14H2,1H3,(H2,23,25,26,28). The van der Waals surface area contributed by atoms with Crippen LogP contribution in [-0.2, 0) is 6.54 Å². The number of aromatic nitrogens is 2. The van der Waals surface area contributed by atoms with Gasteiger partial charge in [-0.25, -0.2) is 14.8 Å². The second kappa shape index (κ2) is 10.1. The van der Waals surface area contributed by atoms with Crippen LogP contribution in [0.4, 0.5) is 16.4 Å². The summed E-state index contributed by atoms with van der Waals surface area (Å²) in [5, 5.41) is 8.33. The van der Waals surface area contributed by atoms with Gasteiger partial charge < -0.3 is 0 Å². The van der Waals surface area contributed by atoms with Crippen LogP contribution in [-0.4, -0.2) is 40.2 Å². The third kappa shape index (κ3) is 5.59. The molecule has 8 heteroatoms. The number of thiazole rings is 1. The Kier molecular flexibility index (Phi) is 6.99. The molecule has 1 saturated heterocycles. The number of carbonyl (C=O) groups excluding carboxylic acids is 1. The normalized spacial score (nSPS) is 14.4. The number of pyridine rings is 1. The van der Waals surface area contributed by atoms with E-state index in [1.165, 1.54) is 35.5 Å². The van der Waals surface area contributed by atoms with E-state index in [1.54, 1.807) is 17.8 Å². The first-order valence-corrected chi connectivity index (χ1v) is 12.2. The molecule has 1 fully saturated rings. The first kappa shape index (κ1) is 20.8. The van der Waals surface area contributed by atoms with Gasteiger partial charge in [-0.15, -0.1) is 23.1 Å². The SMILES string of the molecule is CSc1ccc(-c2nc(NC(=O)Nc3cccc(CN4CCCCC4)n3)cs2)cc1. The minimum atomic E-state index is -0.341. The van der Waals surface area contributed by atoms with Gasteiger partial charge in [0.15, 0.2) is 0 Å². The van der Waals surface area contributed by atoms with E-state index in [9.17, 15) is 4.79 Å². The van der Waals surface area contributed by atoms with E-state index >= 15 is 0 Å². The summed E-state index contributed by atoms with van der Waals surface area (Å²) in [4.78, 5) is 25.1. The third-order valence-electron chi connectivity index (χ3n) is 4.97. The quantitative estimate of drug-likeness (QED) is 0.492. The molecule has 0 aliphatic carbocycles. The minimum absolute atomic E-state index is 0.341. The molecule has 0 bridgehead atoms. The largest absolute Gasteiger partial charge is 0.326 e. The van der Waals surface area contributed by atoms with Crippen molar-refractivity contribution in [3.63, 3.8) is 0 Å². The Morgan fingerprint density at radius 2 is 1.80 bits per heavy atom. The van der Waals surface area contributed by atoms with Crippen molar-refractivity contribution in [2.75, 3.05) is 30.0 Å². The highest BCUT2D eigenvalue weighted by molar-refractivity contribution is 7.98. The molecule has 0 atom stereocenters. The summed E-state index contributed by atoms with van der Waals surface area (Å²) in [6, 6.07) is 13.6. The Hall–Kier alpha value is -2.42. The lowest BCUT2D eigenvalue weighted by atomic mass is 10.1. The van der Waals surface area contributed by atoms with Gasteiger partial charge in [0, 0.05) is 22.4 Å². The lowest BCUT2D eigenvalue weighted by Gasteiger charge is -2.26. The maximum absolute atomic E-state index is 12.4. The van der Waals surface area contributed by atoms with Crippen molar-refractivity contribution in [2.45, 2.75) is 30.7 Å². The third-order valence-corrected chi connectivity index (χ3v) is 6.60. The number of hydrogen-bond acceptors (Lipinski definition) is 6. The molecule has 0 radical (unpaired) electrons. The molecule has 3 heterocycles. The van der Waals surface area contributed by atoms with Gasteiger partial charge in [-0.3, -0.25) is 15.5 Å². The molecule has 4 rings (SSSR count). The molecule has 0 unspecified atom stereocenters. The maximum Gasteiger partial charge on any atom is 0.326 e. The number of piperidine rings is 1. The fourth-order valence-electron chi connectivity index (χ4n) is 3.45. The van der Waals surface area contributed by atoms with Crippen LogP contribution >= 0.6 is 23.1 Å². The average Bonchev–Trinajstić information content (AvgIpc) is 3.23. The molecule has 3 aromatic rings. The topological polar surface area (TPSA) is 70.2 Å². The number of nitrogens with one attached hydrogen (secondary N) is 2. The summed E-state index contributed by atoms with van der Waals surface area (Å²) in [5.74, 6) is 1.08. The highest BCUT2D eigenvalue weighted by Crippen LogP contribution is 2.27. The van der Waals surface area contributed by atoms with Crippen molar-refractivity contribution >= 4 is 40.8 Å². The van der Waals surface area contributed by atoms with Crippen molar-refractivity contribution in [1.29, 1.82) is 0 Å². The number of benzene rings is 1. The van der Waals surface area contributed by atoms with Crippen LogP contribution in [0.1, 0.15) is 25.0 Å². The summed E-state index contributed by atoms with van der Waals surface area (Å²) in [6.45, 7) is 3.06. The van der Waals surface area contributed by atoms with Crippen LogP contribution in [0.15, 0.2) is 52.7 Å². The molecule has 0 spiro atoms. The van der Waals surface area contributed by atoms with E-state index in [4.69, 9.17) is 0 Å². The molecule has 1 aliphatic rings. The molecule has 6 nitrogen and oxygen atoms in total. The lowest BCUT2D eigenvalue weighted by molar-refractivity contribution is 0.218. The van der Waals surface area contributed by atoms with Crippen LogP contribution in [0.2, 0.25) is 0 Å². The van der Waals surface area contributed by atoms with Crippen molar-refractivity contribution in [1.82, 2.24) is 14.9 Å². The molecule has 2 aromatic heterocycles. The number of urea groups is 1. The number of anilines is 2. The fourth-order valence-corrected chi connectivity index (χ4v) is 4.61. The monoisotopic (exact) mass is 439 g/mol. The van der Waals surface area contributed by atoms with Crippen LogP contribution in [0, 0.1) is 0 Å². The Balaban J connectivity index is 1.34.